The molecule has 2 aromatic rings. The fourth-order valence-corrected chi connectivity index (χ4v) is 3.73. The Morgan fingerprint density at radius 2 is 1.96 bits per heavy atom. The molecular weight excluding hydrogens is 372 g/mol. The molecule has 5 nitrogen and oxygen atoms in total. The van der Waals surface area contributed by atoms with Gasteiger partial charge < -0.3 is 10.2 Å². The fraction of sp³-hybridized carbons (Fsp3) is 0.455. The van der Waals surface area contributed by atoms with Gasteiger partial charge in [0.1, 0.15) is 5.82 Å². The second kappa shape index (κ2) is 9.89. The number of carbonyl (C=O) groups excluding carboxylic acids is 1. The van der Waals surface area contributed by atoms with Gasteiger partial charge in [-0.1, -0.05) is 37.6 Å². The van der Waals surface area contributed by atoms with E-state index in [2.05, 4.69) is 46.1 Å². The van der Waals surface area contributed by atoms with Crippen molar-refractivity contribution in [2.45, 2.75) is 33.2 Å². The molecule has 1 aromatic carbocycles. The number of hydrogen-bond donors (Lipinski definition) is 1. The van der Waals surface area contributed by atoms with Crippen molar-refractivity contribution in [3.63, 3.8) is 0 Å². The van der Waals surface area contributed by atoms with E-state index in [0.717, 1.165) is 57.1 Å². The van der Waals surface area contributed by atoms with E-state index < -0.39 is 0 Å². The monoisotopic (exact) mass is 400 g/mol. The van der Waals surface area contributed by atoms with Crippen molar-refractivity contribution in [2.75, 3.05) is 36.4 Å². The number of amides is 1. The highest BCUT2D eigenvalue weighted by atomic mass is 35.5. The van der Waals surface area contributed by atoms with Crippen molar-refractivity contribution in [1.29, 1.82) is 0 Å². The van der Waals surface area contributed by atoms with Gasteiger partial charge in [0.2, 0.25) is 5.91 Å². The summed E-state index contributed by atoms with van der Waals surface area (Å²) in [5.74, 6) is 1.08. The topological polar surface area (TPSA) is 48.5 Å². The summed E-state index contributed by atoms with van der Waals surface area (Å²) in [6, 6.07) is 12.0. The number of hydrogen-bond acceptors (Lipinski definition) is 4. The first-order valence-corrected chi connectivity index (χ1v) is 10.5. The number of halogens is 1. The molecule has 3 rings (SSSR count). The van der Waals surface area contributed by atoms with Gasteiger partial charge in [-0.2, -0.15) is 0 Å². The fourth-order valence-electron chi connectivity index (χ4n) is 3.62. The molecule has 0 bridgehead atoms. The molecule has 28 heavy (non-hydrogen) atoms. The van der Waals surface area contributed by atoms with Gasteiger partial charge in [-0.05, 0) is 55.8 Å². The van der Waals surface area contributed by atoms with Gasteiger partial charge in [0.05, 0.1) is 5.02 Å². The molecule has 6 heteroatoms. The maximum Gasteiger partial charge on any atom is 0.227 e. The molecular formula is C22H29ClN4O. The third-order valence-corrected chi connectivity index (χ3v) is 5.62. The average Bonchev–Trinajstić information content (AvgIpc) is 2.73. The number of anilines is 2. The number of carbonyl (C=O) groups is 1. The van der Waals surface area contributed by atoms with E-state index in [9.17, 15) is 4.79 Å². The number of nitrogens with one attached hydrogen (secondary N) is 1. The van der Waals surface area contributed by atoms with E-state index in [0.29, 0.717) is 5.02 Å². The molecule has 0 atom stereocenters. The molecule has 150 valence electrons. The molecule has 1 amide bonds. The van der Waals surface area contributed by atoms with E-state index in [1.165, 1.54) is 5.56 Å². The molecule has 0 aliphatic carbocycles. The van der Waals surface area contributed by atoms with Crippen LogP contribution in [-0.2, 0) is 11.3 Å². The van der Waals surface area contributed by atoms with Crippen molar-refractivity contribution >= 4 is 29.0 Å². The van der Waals surface area contributed by atoms with Crippen LogP contribution >= 0.6 is 11.6 Å². The summed E-state index contributed by atoms with van der Waals surface area (Å²) in [4.78, 5) is 21.7. The Bertz CT molecular complexity index is 768. The van der Waals surface area contributed by atoms with Gasteiger partial charge in [0, 0.05) is 37.4 Å². The lowest BCUT2D eigenvalue weighted by molar-refractivity contribution is -0.120. The number of rotatable bonds is 7. The number of aromatic nitrogens is 1. The standard InChI is InChI=1S/C22H29ClN4O/c1-3-26(4-2)16-17-6-5-7-20(14-17)25-22(28)18-10-12-27(13-11-18)21-9-8-19(23)15-24-21/h5-9,14-15,18H,3-4,10-13,16H2,1-2H3,(H,25,28). The van der Waals surface area contributed by atoms with Crippen molar-refractivity contribution < 1.29 is 4.79 Å². The van der Waals surface area contributed by atoms with E-state index in [-0.39, 0.29) is 11.8 Å². The van der Waals surface area contributed by atoms with Crippen LogP contribution in [0, 0.1) is 5.92 Å². The molecule has 1 N–H and O–H groups in total. The van der Waals surface area contributed by atoms with Crippen LogP contribution in [0.25, 0.3) is 0 Å². The second-order valence-electron chi connectivity index (χ2n) is 7.25. The Balaban J connectivity index is 1.53. The summed E-state index contributed by atoms with van der Waals surface area (Å²) in [5.41, 5.74) is 2.11. The molecule has 0 spiro atoms. The van der Waals surface area contributed by atoms with Crippen molar-refractivity contribution in [3.05, 3.63) is 53.2 Å². The van der Waals surface area contributed by atoms with Crippen LogP contribution in [-0.4, -0.2) is 42.0 Å². The molecule has 1 saturated heterocycles. The molecule has 0 radical (unpaired) electrons. The van der Waals surface area contributed by atoms with Gasteiger partial charge in [-0.25, -0.2) is 4.98 Å². The molecule has 1 aliphatic rings. The Hall–Kier alpha value is -2.11. The van der Waals surface area contributed by atoms with E-state index >= 15 is 0 Å². The molecule has 2 heterocycles. The van der Waals surface area contributed by atoms with Gasteiger partial charge in [-0.3, -0.25) is 9.69 Å². The minimum absolute atomic E-state index is 0.0370. The summed E-state index contributed by atoms with van der Waals surface area (Å²) in [5, 5.41) is 3.75. The van der Waals surface area contributed by atoms with Crippen LogP contribution < -0.4 is 10.2 Å². The third-order valence-electron chi connectivity index (χ3n) is 5.40. The lowest BCUT2D eigenvalue weighted by Gasteiger charge is -2.32. The van der Waals surface area contributed by atoms with Gasteiger partial charge in [0.25, 0.3) is 0 Å². The van der Waals surface area contributed by atoms with Gasteiger partial charge in [0.15, 0.2) is 0 Å². The summed E-state index contributed by atoms with van der Waals surface area (Å²) in [6.07, 6.45) is 3.32. The highest BCUT2D eigenvalue weighted by molar-refractivity contribution is 6.30. The zero-order chi connectivity index (χ0) is 19.9. The van der Waals surface area contributed by atoms with E-state index in [1.54, 1.807) is 6.20 Å². The number of benzene rings is 1. The van der Waals surface area contributed by atoms with Crippen LogP contribution in [0.1, 0.15) is 32.3 Å². The van der Waals surface area contributed by atoms with Gasteiger partial charge in [-0.15, -0.1) is 0 Å². The van der Waals surface area contributed by atoms with Crippen LogP contribution in [0.3, 0.4) is 0 Å². The Morgan fingerprint density at radius 1 is 1.21 bits per heavy atom. The smallest absolute Gasteiger partial charge is 0.227 e. The highest BCUT2D eigenvalue weighted by Crippen LogP contribution is 2.24. The largest absolute Gasteiger partial charge is 0.357 e. The minimum Gasteiger partial charge on any atom is -0.357 e. The molecule has 1 fully saturated rings. The van der Waals surface area contributed by atoms with Crippen molar-refractivity contribution in [3.8, 4) is 0 Å². The highest BCUT2D eigenvalue weighted by Gasteiger charge is 2.25. The zero-order valence-electron chi connectivity index (χ0n) is 16.7. The van der Waals surface area contributed by atoms with Crippen LogP contribution in [0.2, 0.25) is 5.02 Å². The van der Waals surface area contributed by atoms with Crippen molar-refractivity contribution in [2.24, 2.45) is 5.92 Å². The maximum atomic E-state index is 12.7. The summed E-state index contributed by atoms with van der Waals surface area (Å²) in [6.45, 7) is 8.94. The summed E-state index contributed by atoms with van der Waals surface area (Å²) in [7, 11) is 0. The summed E-state index contributed by atoms with van der Waals surface area (Å²) >= 11 is 5.91. The van der Waals surface area contributed by atoms with E-state index in [1.807, 2.05) is 24.3 Å². The lowest BCUT2D eigenvalue weighted by Crippen LogP contribution is -2.38. The SMILES string of the molecule is CCN(CC)Cc1cccc(NC(=O)C2CCN(c3ccc(Cl)cn3)CC2)c1. The normalized spacial score (nSPS) is 15.1. The third kappa shape index (κ3) is 5.46. The average molecular weight is 401 g/mol. The number of nitrogens with zero attached hydrogens (tertiary/aromatic N) is 3. The first kappa shape index (κ1) is 20.6. The maximum absolute atomic E-state index is 12.7. The summed E-state index contributed by atoms with van der Waals surface area (Å²) < 4.78 is 0. The number of piperidine rings is 1. The molecule has 0 unspecified atom stereocenters. The number of pyridine rings is 1. The Kier molecular flexibility index (Phi) is 7.29. The van der Waals surface area contributed by atoms with E-state index in [4.69, 9.17) is 11.6 Å². The predicted molar refractivity (Wildman–Crippen MR) is 116 cm³/mol. The second-order valence-corrected chi connectivity index (χ2v) is 7.68. The molecule has 1 aliphatic heterocycles. The van der Waals surface area contributed by atoms with Crippen molar-refractivity contribution in [1.82, 2.24) is 9.88 Å². The van der Waals surface area contributed by atoms with Crippen LogP contribution in [0.5, 0.6) is 0 Å². The zero-order valence-corrected chi connectivity index (χ0v) is 17.5. The van der Waals surface area contributed by atoms with Gasteiger partial charge >= 0.3 is 0 Å². The minimum atomic E-state index is 0.0370. The van der Waals surface area contributed by atoms with Crippen LogP contribution in [0.15, 0.2) is 42.6 Å². The molecule has 1 aromatic heterocycles. The quantitative estimate of drug-likeness (QED) is 0.746. The molecule has 0 saturated carbocycles. The van der Waals surface area contributed by atoms with Crippen LogP contribution in [0.4, 0.5) is 11.5 Å². The Labute approximate surface area is 172 Å². The first-order chi connectivity index (χ1) is 13.6. The predicted octanol–water partition coefficient (Wildman–Crippen LogP) is 4.43. The first-order valence-electron chi connectivity index (χ1n) is 10.1. The lowest BCUT2D eigenvalue weighted by atomic mass is 9.95. The Morgan fingerprint density at radius 3 is 2.61 bits per heavy atom.